The summed E-state index contributed by atoms with van der Waals surface area (Å²) in [6.45, 7) is 0. The zero-order valence-electron chi connectivity index (χ0n) is 9.14. The summed E-state index contributed by atoms with van der Waals surface area (Å²) in [6.07, 6.45) is 1.08. The smallest absolute Gasteiger partial charge is 0.288 e. The maximum absolute atomic E-state index is 12.9. The number of ether oxygens (including phenoxy) is 1. The van der Waals surface area contributed by atoms with Gasteiger partial charge in [0.25, 0.3) is 5.69 Å². The molecule has 0 saturated heterocycles. The molecule has 0 N–H and O–H groups in total. The molecule has 98 valence electrons. The summed E-state index contributed by atoms with van der Waals surface area (Å²) < 4.78 is 19.1. The Morgan fingerprint density at radius 3 is 2.58 bits per heavy atom. The van der Waals surface area contributed by atoms with Crippen LogP contribution in [0.4, 0.5) is 10.1 Å². The van der Waals surface area contributed by atoms with E-state index in [1.807, 2.05) is 0 Å². The van der Waals surface area contributed by atoms with E-state index in [4.69, 9.17) is 4.74 Å². The molecule has 2 aromatic rings. The van der Waals surface area contributed by atoms with Gasteiger partial charge in [0.05, 0.1) is 13.9 Å². The van der Waals surface area contributed by atoms with E-state index in [9.17, 15) is 14.5 Å². The third kappa shape index (κ3) is 3.27. The molecular formula is C11H5Br2FN2O3. The number of halogens is 3. The number of benzene rings is 1. The van der Waals surface area contributed by atoms with Gasteiger partial charge in [-0.25, -0.2) is 9.37 Å². The van der Waals surface area contributed by atoms with Crippen LogP contribution in [0.3, 0.4) is 0 Å². The first-order valence-corrected chi connectivity index (χ1v) is 6.49. The number of pyridine rings is 1. The quantitative estimate of drug-likeness (QED) is 0.572. The molecule has 0 fully saturated rings. The number of aromatic nitrogens is 1. The van der Waals surface area contributed by atoms with E-state index in [-0.39, 0.29) is 11.6 Å². The Morgan fingerprint density at radius 1 is 1.26 bits per heavy atom. The highest BCUT2D eigenvalue weighted by atomic mass is 79.9. The van der Waals surface area contributed by atoms with Gasteiger partial charge in [0, 0.05) is 6.07 Å². The van der Waals surface area contributed by atoms with Gasteiger partial charge in [-0.3, -0.25) is 10.1 Å². The molecule has 19 heavy (non-hydrogen) atoms. The predicted octanol–water partition coefficient (Wildman–Crippen LogP) is 4.45. The first kappa shape index (κ1) is 13.9. The standard InChI is InChI=1S/C11H5Br2FN2O3/c12-8-3-6(14)1-2-10(8)19-11-9(13)4-7(5-15-11)16(17)18/h1-5H. The molecule has 8 heteroatoms. The van der Waals surface area contributed by atoms with Gasteiger partial charge in [0.15, 0.2) is 0 Å². The molecule has 5 nitrogen and oxygen atoms in total. The van der Waals surface area contributed by atoms with Crippen molar-refractivity contribution in [3.05, 3.63) is 55.3 Å². The van der Waals surface area contributed by atoms with Crippen LogP contribution >= 0.6 is 31.9 Å². The van der Waals surface area contributed by atoms with Crippen molar-refractivity contribution in [2.45, 2.75) is 0 Å². The molecule has 0 aliphatic carbocycles. The lowest BCUT2D eigenvalue weighted by molar-refractivity contribution is -0.385. The average Bonchev–Trinajstić information content (AvgIpc) is 2.34. The van der Waals surface area contributed by atoms with Crippen LogP contribution in [0.1, 0.15) is 0 Å². The second-order valence-electron chi connectivity index (χ2n) is 3.41. The van der Waals surface area contributed by atoms with Crippen LogP contribution in [0.25, 0.3) is 0 Å². The minimum Gasteiger partial charge on any atom is -0.437 e. The molecule has 0 saturated carbocycles. The number of nitro groups is 1. The number of hydrogen-bond acceptors (Lipinski definition) is 4. The molecule has 1 heterocycles. The van der Waals surface area contributed by atoms with Crippen LogP contribution < -0.4 is 4.74 Å². The van der Waals surface area contributed by atoms with Crippen molar-refractivity contribution in [3.63, 3.8) is 0 Å². The van der Waals surface area contributed by atoms with Crippen molar-refractivity contribution in [2.24, 2.45) is 0 Å². The highest BCUT2D eigenvalue weighted by Gasteiger charge is 2.13. The lowest BCUT2D eigenvalue weighted by Gasteiger charge is -2.08. The fraction of sp³-hybridized carbons (Fsp3) is 0. The van der Waals surface area contributed by atoms with Crippen molar-refractivity contribution in [1.29, 1.82) is 0 Å². The Kier molecular flexibility index (Phi) is 4.11. The second kappa shape index (κ2) is 5.62. The second-order valence-corrected chi connectivity index (χ2v) is 5.12. The van der Waals surface area contributed by atoms with Gasteiger partial charge >= 0.3 is 0 Å². The number of rotatable bonds is 3. The minimum atomic E-state index is -0.560. The summed E-state index contributed by atoms with van der Waals surface area (Å²) in [5.74, 6) is 0.0938. The molecule has 1 aromatic carbocycles. The van der Waals surface area contributed by atoms with Crippen LogP contribution in [-0.4, -0.2) is 9.91 Å². The maximum Gasteiger partial charge on any atom is 0.288 e. The average molecular weight is 392 g/mol. The van der Waals surface area contributed by atoms with Crippen LogP contribution in [0.5, 0.6) is 11.6 Å². The Balaban J connectivity index is 2.31. The molecule has 0 radical (unpaired) electrons. The van der Waals surface area contributed by atoms with E-state index >= 15 is 0 Å². The van der Waals surface area contributed by atoms with Gasteiger partial charge in [-0.2, -0.15) is 0 Å². The number of nitrogens with zero attached hydrogens (tertiary/aromatic N) is 2. The third-order valence-corrected chi connectivity index (χ3v) is 3.29. The SMILES string of the molecule is O=[N+]([O-])c1cnc(Oc2ccc(F)cc2Br)c(Br)c1. The van der Waals surface area contributed by atoms with Crippen molar-refractivity contribution in [1.82, 2.24) is 4.98 Å². The largest absolute Gasteiger partial charge is 0.437 e. The summed E-state index contributed by atoms with van der Waals surface area (Å²) in [4.78, 5) is 13.8. The first-order chi connectivity index (χ1) is 8.97. The number of hydrogen-bond donors (Lipinski definition) is 0. The Hall–Kier alpha value is -1.54. The van der Waals surface area contributed by atoms with Crippen LogP contribution in [0, 0.1) is 15.9 Å². The Bertz CT molecular complexity index is 652. The first-order valence-electron chi connectivity index (χ1n) is 4.90. The van der Waals surface area contributed by atoms with Gasteiger partial charge in [-0.05, 0) is 50.1 Å². The van der Waals surface area contributed by atoms with E-state index in [2.05, 4.69) is 36.8 Å². The van der Waals surface area contributed by atoms with Crippen LogP contribution in [0.2, 0.25) is 0 Å². The molecule has 0 aliphatic rings. The van der Waals surface area contributed by atoms with Gasteiger partial charge in [0.2, 0.25) is 5.88 Å². The van der Waals surface area contributed by atoms with E-state index in [0.717, 1.165) is 6.20 Å². The zero-order valence-corrected chi connectivity index (χ0v) is 12.3. The fourth-order valence-electron chi connectivity index (χ4n) is 1.25. The molecule has 1 aromatic heterocycles. The lowest BCUT2D eigenvalue weighted by Crippen LogP contribution is -1.94. The summed E-state index contributed by atoms with van der Waals surface area (Å²) in [7, 11) is 0. The molecule has 0 aliphatic heterocycles. The third-order valence-electron chi connectivity index (χ3n) is 2.10. The van der Waals surface area contributed by atoms with E-state index < -0.39 is 10.7 Å². The summed E-state index contributed by atoms with van der Waals surface area (Å²) in [6, 6.07) is 5.18. The zero-order chi connectivity index (χ0) is 14.0. The fourth-order valence-corrected chi connectivity index (χ4v) is 2.10. The van der Waals surface area contributed by atoms with Gasteiger partial charge in [0.1, 0.15) is 17.8 Å². The molecule has 0 unspecified atom stereocenters. The topological polar surface area (TPSA) is 65.3 Å². The highest BCUT2D eigenvalue weighted by Crippen LogP contribution is 2.34. The van der Waals surface area contributed by atoms with Crippen LogP contribution in [-0.2, 0) is 0 Å². The van der Waals surface area contributed by atoms with E-state index in [1.54, 1.807) is 0 Å². The van der Waals surface area contributed by atoms with Crippen molar-refractivity contribution in [3.8, 4) is 11.6 Å². The Labute approximate surface area is 123 Å². The summed E-state index contributed by atoms with van der Waals surface area (Å²) in [5, 5.41) is 10.6. The van der Waals surface area contributed by atoms with Crippen molar-refractivity contribution >= 4 is 37.5 Å². The lowest BCUT2D eigenvalue weighted by atomic mass is 10.3. The maximum atomic E-state index is 12.9. The van der Waals surface area contributed by atoms with Crippen LogP contribution in [0.15, 0.2) is 39.4 Å². The monoisotopic (exact) mass is 390 g/mol. The molecule has 0 amide bonds. The Morgan fingerprint density at radius 2 is 2.00 bits per heavy atom. The van der Waals surface area contributed by atoms with E-state index in [1.165, 1.54) is 24.3 Å². The van der Waals surface area contributed by atoms with Crippen molar-refractivity contribution in [2.75, 3.05) is 0 Å². The summed E-state index contributed by atoms with van der Waals surface area (Å²) >= 11 is 6.28. The predicted molar refractivity (Wildman–Crippen MR) is 72.8 cm³/mol. The van der Waals surface area contributed by atoms with Gasteiger partial charge in [-0.15, -0.1) is 0 Å². The van der Waals surface area contributed by atoms with Gasteiger partial charge < -0.3 is 4.74 Å². The van der Waals surface area contributed by atoms with Crippen molar-refractivity contribution < 1.29 is 14.1 Å². The summed E-state index contributed by atoms with van der Waals surface area (Å²) in [5.41, 5.74) is -0.155. The molecule has 0 atom stereocenters. The van der Waals surface area contributed by atoms with Gasteiger partial charge in [-0.1, -0.05) is 0 Å². The molecule has 2 rings (SSSR count). The normalized spacial score (nSPS) is 10.3. The molecule has 0 bridgehead atoms. The highest BCUT2D eigenvalue weighted by molar-refractivity contribution is 9.11. The molecular weight excluding hydrogens is 387 g/mol. The minimum absolute atomic E-state index is 0.151. The molecule has 0 spiro atoms. The van der Waals surface area contributed by atoms with E-state index in [0.29, 0.717) is 14.7 Å².